The zero-order valence-corrected chi connectivity index (χ0v) is 7.09. The van der Waals surface area contributed by atoms with Gasteiger partial charge in [-0.05, 0) is 25.2 Å². The van der Waals surface area contributed by atoms with Crippen LogP contribution < -0.4 is 0 Å². The van der Waals surface area contributed by atoms with E-state index in [0.717, 1.165) is 6.61 Å². The van der Waals surface area contributed by atoms with Crippen LogP contribution in [0.2, 0.25) is 0 Å². The highest BCUT2D eigenvalue weighted by Crippen LogP contribution is 2.29. The van der Waals surface area contributed by atoms with Crippen LogP contribution in [0.15, 0.2) is 12.8 Å². The maximum absolute atomic E-state index is 5.17. The Morgan fingerprint density at radius 3 is 2.73 bits per heavy atom. The smallest absolute Gasteiger partial charge is 0.0903 e. The second-order valence-corrected chi connectivity index (χ2v) is 3.30. The highest BCUT2D eigenvalue weighted by molar-refractivity contribution is 4.77. The predicted octanol–water partition coefficient (Wildman–Crippen LogP) is 2.79. The Kier molecular flexibility index (Phi) is 3.47. The second kappa shape index (κ2) is 4.42. The fraction of sp³-hybridized carbons (Fsp3) is 0.700. The zero-order valence-electron chi connectivity index (χ0n) is 7.09. The third-order valence-electron chi connectivity index (χ3n) is 2.49. The van der Waals surface area contributed by atoms with Crippen molar-refractivity contribution in [2.45, 2.75) is 25.7 Å². The van der Waals surface area contributed by atoms with Crippen molar-refractivity contribution in [2.75, 3.05) is 6.61 Å². The lowest BCUT2D eigenvalue weighted by Gasteiger charge is -2.27. The number of ether oxygens (including phenoxy) is 1. The van der Waals surface area contributed by atoms with Gasteiger partial charge in [-0.25, -0.2) is 0 Å². The van der Waals surface area contributed by atoms with Crippen LogP contribution in [0, 0.1) is 18.8 Å². The summed E-state index contributed by atoms with van der Waals surface area (Å²) in [6.07, 6.45) is 6.77. The number of hydrogen-bond acceptors (Lipinski definition) is 1. The molecule has 1 nitrogen and oxygen atoms in total. The monoisotopic (exact) mass is 153 g/mol. The summed E-state index contributed by atoms with van der Waals surface area (Å²) in [4.78, 5) is 0. The minimum absolute atomic E-state index is 0.601. The average molecular weight is 153 g/mol. The Hall–Kier alpha value is -0.460. The summed E-state index contributed by atoms with van der Waals surface area (Å²) in [6.45, 7) is 8.46. The molecule has 1 heteroatoms. The first-order valence-electron chi connectivity index (χ1n) is 4.40. The van der Waals surface area contributed by atoms with Gasteiger partial charge in [-0.15, -0.1) is 0 Å². The molecule has 0 aromatic rings. The molecule has 2 atom stereocenters. The van der Waals surface area contributed by atoms with Crippen LogP contribution in [-0.2, 0) is 4.74 Å². The maximum atomic E-state index is 5.17. The molecule has 0 aromatic heterocycles. The minimum atomic E-state index is 0.601. The molecule has 11 heavy (non-hydrogen) atoms. The SMILES string of the molecule is [CH2]C1CCCCC1COC=C. The highest BCUT2D eigenvalue weighted by Gasteiger charge is 2.20. The maximum Gasteiger partial charge on any atom is 0.0903 e. The van der Waals surface area contributed by atoms with Crippen LogP contribution in [-0.4, -0.2) is 6.61 Å². The highest BCUT2D eigenvalue weighted by atomic mass is 16.5. The lowest BCUT2D eigenvalue weighted by atomic mass is 9.81. The molecule has 1 radical (unpaired) electrons. The first-order chi connectivity index (χ1) is 5.34. The van der Waals surface area contributed by atoms with Gasteiger partial charge < -0.3 is 4.74 Å². The van der Waals surface area contributed by atoms with Crippen molar-refractivity contribution in [3.05, 3.63) is 19.8 Å². The Labute approximate surface area is 69.4 Å². The first-order valence-corrected chi connectivity index (χ1v) is 4.40. The second-order valence-electron chi connectivity index (χ2n) is 3.30. The topological polar surface area (TPSA) is 9.23 Å². The molecule has 0 saturated heterocycles. The lowest BCUT2D eigenvalue weighted by Crippen LogP contribution is -2.20. The molecule has 1 fully saturated rings. The largest absolute Gasteiger partial charge is 0.502 e. The van der Waals surface area contributed by atoms with Gasteiger partial charge in [-0.2, -0.15) is 0 Å². The summed E-state index contributed by atoms with van der Waals surface area (Å²) >= 11 is 0. The van der Waals surface area contributed by atoms with Crippen LogP contribution in [0.5, 0.6) is 0 Å². The van der Waals surface area contributed by atoms with Crippen LogP contribution in [0.25, 0.3) is 0 Å². The van der Waals surface area contributed by atoms with E-state index < -0.39 is 0 Å². The molecule has 0 aliphatic heterocycles. The molecule has 0 aromatic carbocycles. The van der Waals surface area contributed by atoms with Gasteiger partial charge in [0.1, 0.15) is 0 Å². The van der Waals surface area contributed by atoms with Crippen molar-refractivity contribution in [2.24, 2.45) is 11.8 Å². The third kappa shape index (κ3) is 2.57. The molecular formula is C10H17O. The van der Waals surface area contributed by atoms with E-state index in [4.69, 9.17) is 4.74 Å². The normalized spacial score (nSPS) is 31.4. The lowest BCUT2D eigenvalue weighted by molar-refractivity contribution is 0.138. The molecule has 0 amide bonds. The molecule has 2 unspecified atom stereocenters. The van der Waals surface area contributed by atoms with Crippen molar-refractivity contribution in [1.29, 1.82) is 0 Å². The molecular weight excluding hydrogens is 136 g/mol. The van der Waals surface area contributed by atoms with E-state index >= 15 is 0 Å². The third-order valence-corrected chi connectivity index (χ3v) is 2.49. The van der Waals surface area contributed by atoms with Gasteiger partial charge in [0.25, 0.3) is 0 Å². The van der Waals surface area contributed by atoms with Crippen molar-refractivity contribution in [3.8, 4) is 0 Å². The van der Waals surface area contributed by atoms with E-state index in [1.165, 1.54) is 31.9 Å². The van der Waals surface area contributed by atoms with Crippen LogP contribution in [0.4, 0.5) is 0 Å². The summed E-state index contributed by atoms with van der Waals surface area (Å²) in [6, 6.07) is 0. The molecule has 0 N–H and O–H groups in total. The fourth-order valence-electron chi connectivity index (χ4n) is 1.70. The van der Waals surface area contributed by atoms with Gasteiger partial charge in [-0.1, -0.05) is 25.8 Å². The molecule has 1 rings (SSSR count). The Morgan fingerprint density at radius 2 is 2.09 bits per heavy atom. The van der Waals surface area contributed by atoms with Crippen LogP contribution in [0.3, 0.4) is 0 Å². The Morgan fingerprint density at radius 1 is 1.36 bits per heavy atom. The number of hydrogen-bond donors (Lipinski definition) is 0. The van der Waals surface area contributed by atoms with Gasteiger partial charge in [0.15, 0.2) is 0 Å². The molecule has 0 spiro atoms. The minimum Gasteiger partial charge on any atom is -0.502 e. The van der Waals surface area contributed by atoms with Crippen LogP contribution in [0.1, 0.15) is 25.7 Å². The average Bonchev–Trinajstić information content (AvgIpc) is 2.03. The van der Waals surface area contributed by atoms with E-state index in [9.17, 15) is 0 Å². The van der Waals surface area contributed by atoms with Gasteiger partial charge in [0, 0.05) is 0 Å². The van der Waals surface area contributed by atoms with E-state index in [2.05, 4.69) is 13.5 Å². The van der Waals surface area contributed by atoms with E-state index in [1.807, 2.05) is 0 Å². The van der Waals surface area contributed by atoms with Gasteiger partial charge >= 0.3 is 0 Å². The Bertz CT molecular complexity index is 120. The van der Waals surface area contributed by atoms with Crippen molar-refractivity contribution >= 4 is 0 Å². The molecule has 1 saturated carbocycles. The van der Waals surface area contributed by atoms with Crippen molar-refractivity contribution in [3.63, 3.8) is 0 Å². The summed E-state index contributed by atoms with van der Waals surface area (Å²) in [7, 11) is 0. The van der Waals surface area contributed by atoms with Crippen molar-refractivity contribution in [1.82, 2.24) is 0 Å². The summed E-state index contributed by atoms with van der Waals surface area (Å²) in [5, 5.41) is 0. The molecule has 0 heterocycles. The standard InChI is InChI=1S/C10H17O/c1-3-11-8-10-7-5-4-6-9(10)2/h3,9-10H,1-2,4-8H2. The van der Waals surface area contributed by atoms with Gasteiger partial charge in [-0.3, -0.25) is 0 Å². The quantitative estimate of drug-likeness (QED) is 0.566. The summed E-state index contributed by atoms with van der Waals surface area (Å²) < 4.78 is 5.17. The molecule has 1 aliphatic carbocycles. The summed E-state index contributed by atoms with van der Waals surface area (Å²) in [5.41, 5.74) is 0. The molecule has 0 bridgehead atoms. The predicted molar refractivity (Wildman–Crippen MR) is 47.0 cm³/mol. The summed E-state index contributed by atoms with van der Waals surface area (Å²) in [5.74, 6) is 1.27. The van der Waals surface area contributed by atoms with E-state index in [0.29, 0.717) is 11.8 Å². The first kappa shape index (κ1) is 8.63. The van der Waals surface area contributed by atoms with E-state index in [-0.39, 0.29) is 0 Å². The molecule has 1 aliphatic rings. The fourth-order valence-corrected chi connectivity index (χ4v) is 1.70. The Balaban J connectivity index is 2.23. The zero-order chi connectivity index (χ0) is 8.10. The number of rotatable bonds is 3. The molecule has 63 valence electrons. The van der Waals surface area contributed by atoms with Gasteiger partial charge in [0.2, 0.25) is 0 Å². The van der Waals surface area contributed by atoms with Gasteiger partial charge in [0.05, 0.1) is 12.9 Å². The van der Waals surface area contributed by atoms with E-state index in [1.54, 1.807) is 0 Å². The van der Waals surface area contributed by atoms with Crippen LogP contribution >= 0.6 is 0 Å². The van der Waals surface area contributed by atoms with Crippen molar-refractivity contribution < 1.29 is 4.74 Å².